The second-order valence-corrected chi connectivity index (χ2v) is 7.29. The molecule has 7 heteroatoms. The van der Waals surface area contributed by atoms with Gasteiger partial charge in [-0.15, -0.1) is 0 Å². The first-order valence-corrected chi connectivity index (χ1v) is 9.58. The molecule has 0 saturated carbocycles. The molecule has 0 bridgehead atoms. The third-order valence-corrected chi connectivity index (χ3v) is 5.52. The van der Waals surface area contributed by atoms with Crippen LogP contribution in [0.5, 0.6) is 11.5 Å². The molecule has 0 unspecified atom stereocenters. The van der Waals surface area contributed by atoms with Gasteiger partial charge >= 0.3 is 0 Å². The molecule has 2 aromatic carbocycles. The molecular weight excluding hydrogens is 373 g/mol. The Hall–Kier alpha value is -2.93. The van der Waals surface area contributed by atoms with E-state index in [2.05, 4.69) is 15.0 Å². The molecule has 152 valence electrons. The van der Waals surface area contributed by atoms with Gasteiger partial charge in [0.2, 0.25) is 11.7 Å². The Bertz CT molecular complexity index is 1030. The Balaban J connectivity index is 1.54. The molecule has 0 radical (unpaired) electrons. The zero-order valence-corrected chi connectivity index (χ0v) is 17.0. The number of halogens is 1. The Morgan fingerprint density at radius 3 is 2.52 bits per heavy atom. The molecule has 1 aliphatic rings. The van der Waals surface area contributed by atoms with Crippen molar-refractivity contribution in [2.45, 2.75) is 32.9 Å². The average molecular weight is 397 g/mol. The van der Waals surface area contributed by atoms with Crippen LogP contribution in [0.25, 0.3) is 11.4 Å². The van der Waals surface area contributed by atoms with Crippen LogP contribution in [-0.2, 0) is 13.0 Å². The van der Waals surface area contributed by atoms with E-state index in [0.717, 1.165) is 31.0 Å². The van der Waals surface area contributed by atoms with Crippen molar-refractivity contribution in [1.82, 2.24) is 15.0 Å². The van der Waals surface area contributed by atoms with Crippen molar-refractivity contribution in [1.29, 1.82) is 0 Å². The fourth-order valence-electron chi connectivity index (χ4n) is 3.65. The van der Waals surface area contributed by atoms with Crippen LogP contribution >= 0.6 is 0 Å². The highest BCUT2D eigenvalue weighted by Gasteiger charge is 2.27. The number of methoxy groups -OCH3 is 2. The summed E-state index contributed by atoms with van der Waals surface area (Å²) in [4.78, 5) is 6.79. The van der Waals surface area contributed by atoms with Crippen molar-refractivity contribution in [2.75, 3.05) is 20.8 Å². The normalized spacial score (nSPS) is 15.1. The standard InChI is InChI=1S/C22H24FN3O3/c1-13-5-6-16(9-18(13)23)21-24-22(29-25-21)14(2)26-8-7-15-10-19(27-3)20(28-4)11-17(15)12-26/h5-6,9-11,14H,7-8,12H2,1-4H3/t14-/m1/s1. The first-order chi connectivity index (χ1) is 14.0. The monoisotopic (exact) mass is 397 g/mol. The lowest BCUT2D eigenvalue weighted by molar-refractivity contribution is 0.157. The van der Waals surface area contributed by atoms with Gasteiger partial charge in [0.1, 0.15) is 5.82 Å². The first kappa shape index (κ1) is 19.4. The highest BCUT2D eigenvalue weighted by molar-refractivity contribution is 5.55. The summed E-state index contributed by atoms with van der Waals surface area (Å²) in [5.74, 6) is 2.11. The third-order valence-electron chi connectivity index (χ3n) is 5.52. The van der Waals surface area contributed by atoms with Gasteiger partial charge in [-0.05, 0) is 55.2 Å². The predicted octanol–water partition coefficient (Wildman–Crippen LogP) is 4.32. The van der Waals surface area contributed by atoms with Gasteiger partial charge in [-0.2, -0.15) is 4.98 Å². The molecule has 0 aliphatic carbocycles. The lowest BCUT2D eigenvalue weighted by atomic mass is 9.97. The van der Waals surface area contributed by atoms with E-state index in [1.807, 2.05) is 19.1 Å². The van der Waals surface area contributed by atoms with Crippen LogP contribution < -0.4 is 9.47 Å². The smallest absolute Gasteiger partial charge is 0.244 e. The van der Waals surface area contributed by atoms with Crippen LogP contribution in [0, 0.1) is 12.7 Å². The minimum absolute atomic E-state index is 0.0622. The molecule has 1 atom stereocenters. The maximum Gasteiger partial charge on any atom is 0.244 e. The number of ether oxygens (including phenoxy) is 2. The van der Waals surface area contributed by atoms with Crippen LogP contribution in [0.1, 0.15) is 35.5 Å². The molecule has 0 spiro atoms. The number of hydrogen-bond donors (Lipinski definition) is 0. The van der Waals surface area contributed by atoms with E-state index >= 15 is 0 Å². The summed E-state index contributed by atoms with van der Waals surface area (Å²) in [5, 5.41) is 4.05. The van der Waals surface area contributed by atoms with Crippen molar-refractivity contribution in [3.8, 4) is 22.9 Å². The minimum atomic E-state index is -0.279. The lowest BCUT2D eigenvalue weighted by Crippen LogP contribution is -2.33. The van der Waals surface area contributed by atoms with E-state index in [-0.39, 0.29) is 11.9 Å². The van der Waals surface area contributed by atoms with Gasteiger partial charge in [0.15, 0.2) is 11.5 Å². The Morgan fingerprint density at radius 1 is 1.10 bits per heavy atom. The second kappa shape index (κ2) is 7.83. The number of aromatic nitrogens is 2. The van der Waals surface area contributed by atoms with Crippen LogP contribution in [0.15, 0.2) is 34.9 Å². The fraction of sp³-hybridized carbons (Fsp3) is 0.364. The summed E-state index contributed by atoms with van der Waals surface area (Å²) in [6.07, 6.45) is 0.893. The summed E-state index contributed by atoms with van der Waals surface area (Å²) < 4.78 is 30.2. The largest absolute Gasteiger partial charge is 0.493 e. The number of hydrogen-bond acceptors (Lipinski definition) is 6. The summed E-state index contributed by atoms with van der Waals surface area (Å²) in [6, 6.07) is 8.97. The Morgan fingerprint density at radius 2 is 1.83 bits per heavy atom. The van der Waals surface area contributed by atoms with Crippen LogP contribution in [0.3, 0.4) is 0 Å². The minimum Gasteiger partial charge on any atom is -0.493 e. The first-order valence-electron chi connectivity index (χ1n) is 9.58. The molecule has 2 heterocycles. The number of aryl methyl sites for hydroxylation is 1. The Kier molecular flexibility index (Phi) is 5.24. The van der Waals surface area contributed by atoms with E-state index in [0.29, 0.717) is 22.8 Å². The van der Waals surface area contributed by atoms with E-state index in [1.54, 1.807) is 33.3 Å². The summed E-state index contributed by atoms with van der Waals surface area (Å²) in [5.41, 5.74) is 3.65. The predicted molar refractivity (Wildman–Crippen MR) is 107 cm³/mol. The van der Waals surface area contributed by atoms with E-state index < -0.39 is 0 Å². The highest BCUT2D eigenvalue weighted by Crippen LogP contribution is 2.35. The number of fused-ring (bicyclic) bond motifs is 1. The van der Waals surface area contributed by atoms with Gasteiger partial charge in [-0.25, -0.2) is 4.39 Å². The number of nitrogens with zero attached hydrogens (tertiary/aromatic N) is 3. The van der Waals surface area contributed by atoms with E-state index in [9.17, 15) is 4.39 Å². The molecule has 3 aromatic rings. The van der Waals surface area contributed by atoms with Crippen molar-refractivity contribution < 1.29 is 18.4 Å². The van der Waals surface area contributed by atoms with Gasteiger partial charge in [-0.3, -0.25) is 4.90 Å². The summed E-state index contributed by atoms with van der Waals surface area (Å²) in [6.45, 7) is 5.37. The van der Waals surface area contributed by atoms with Gasteiger partial charge in [0, 0.05) is 18.7 Å². The topological polar surface area (TPSA) is 60.6 Å². The van der Waals surface area contributed by atoms with Crippen LogP contribution in [0.4, 0.5) is 4.39 Å². The van der Waals surface area contributed by atoms with Crippen LogP contribution in [-0.4, -0.2) is 35.8 Å². The zero-order valence-electron chi connectivity index (χ0n) is 17.0. The van der Waals surface area contributed by atoms with Crippen molar-refractivity contribution in [2.24, 2.45) is 0 Å². The molecular formula is C22H24FN3O3. The van der Waals surface area contributed by atoms with Crippen LogP contribution in [0.2, 0.25) is 0 Å². The SMILES string of the molecule is COc1cc2c(cc1OC)CN([C@H](C)c1nc(-c3ccc(C)c(F)c3)no1)CC2. The Labute approximate surface area is 169 Å². The molecule has 0 amide bonds. The second-order valence-electron chi connectivity index (χ2n) is 7.29. The molecule has 1 aromatic heterocycles. The highest BCUT2D eigenvalue weighted by atomic mass is 19.1. The number of benzene rings is 2. The molecule has 0 saturated heterocycles. The molecule has 6 nitrogen and oxygen atoms in total. The van der Waals surface area contributed by atoms with E-state index in [4.69, 9.17) is 14.0 Å². The average Bonchev–Trinajstić information content (AvgIpc) is 3.24. The van der Waals surface area contributed by atoms with Crippen molar-refractivity contribution >= 4 is 0 Å². The maximum atomic E-state index is 13.9. The maximum absolute atomic E-state index is 13.9. The van der Waals surface area contributed by atoms with Gasteiger partial charge in [0.25, 0.3) is 0 Å². The van der Waals surface area contributed by atoms with Crippen molar-refractivity contribution in [3.63, 3.8) is 0 Å². The quantitative estimate of drug-likeness (QED) is 0.639. The molecule has 1 aliphatic heterocycles. The summed E-state index contributed by atoms with van der Waals surface area (Å²) >= 11 is 0. The molecule has 4 rings (SSSR count). The number of rotatable bonds is 5. The van der Waals surface area contributed by atoms with Gasteiger partial charge in [-0.1, -0.05) is 17.3 Å². The fourth-order valence-corrected chi connectivity index (χ4v) is 3.65. The van der Waals surface area contributed by atoms with Crippen molar-refractivity contribution in [3.05, 3.63) is 58.7 Å². The molecule has 0 fully saturated rings. The van der Waals surface area contributed by atoms with E-state index in [1.165, 1.54) is 17.2 Å². The summed E-state index contributed by atoms with van der Waals surface area (Å²) in [7, 11) is 3.29. The lowest BCUT2D eigenvalue weighted by Gasteiger charge is -2.32. The molecule has 0 N–H and O–H groups in total. The zero-order chi connectivity index (χ0) is 20.5. The van der Waals surface area contributed by atoms with Gasteiger partial charge < -0.3 is 14.0 Å². The third kappa shape index (κ3) is 3.70. The molecule has 29 heavy (non-hydrogen) atoms. The van der Waals surface area contributed by atoms with Gasteiger partial charge in [0.05, 0.1) is 20.3 Å².